The molecule has 0 fully saturated rings. The van der Waals surface area contributed by atoms with Gasteiger partial charge in [0.2, 0.25) is 0 Å². The molecular formula is C91H106N4O2S2Si. The van der Waals surface area contributed by atoms with Crippen molar-refractivity contribution < 1.29 is 9.16 Å². The Morgan fingerprint density at radius 3 is 1.32 bits per heavy atom. The van der Waals surface area contributed by atoms with Crippen LogP contribution < -0.4 is 4.90 Å². The largest absolute Gasteiger partial charge is 0.480 e. The van der Waals surface area contributed by atoms with E-state index in [-0.39, 0.29) is 21.9 Å². The van der Waals surface area contributed by atoms with Gasteiger partial charge >= 0.3 is 0 Å². The summed E-state index contributed by atoms with van der Waals surface area (Å²) in [6.07, 6.45) is 27.8. The van der Waals surface area contributed by atoms with Gasteiger partial charge in [0.15, 0.2) is 19.6 Å². The van der Waals surface area contributed by atoms with Gasteiger partial charge in [0, 0.05) is 44.4 Å². The Bertz CT molecular complexity index is 4250. The minimum Gasteiger partial charge on any atom is -0.480 e. The Hall–Kier alpha value is -7.81. The van der Waals surface area contributed by atoms with Gasteiger partial charge in [-0.1, -0.05) is 241 Å². The average Bonchev–Trinajstić information content (AvgIpc) is 1.50. The van der Waals surface area contributed by atoms with Gasteiger partial charge in [0.1, 0.15) is 29.4 Å². The molecule has 0 amide bonds. The monoisotopic (exact) mass is 1380 g/mol. The average molecular weight is 1380 g/mol. The summed E-state index contributed by atoms with van der Waals surface area (Å²) in [5, 5.41) is 31.0. The molecular weight excluding hydrogens is 1270 g/mol. The molecule has 0 spiro atoms. The predicted octanol–water partition coefficient (Wildman–Crippen LogP) is 25.1. The van der Waals surface area contributed by atoms with Crippen LogP contribution in [0.4, 0.5) is 5.69 Å². The first-order chi connectivity index (χ1) is 48.3. The van der Waals surface area contributed by atoms with E-state index in [0.29, 0.717) is 12.2 Å². The van der Waals surface area contributed by atoms with Gasteiger partial charge in [-0.25, -0.2) is 0 Å². The van der Waals surface area contributed by atoms with Crippen molar-refractivity contribution in [3.05, 3.63) is 246 Å². The number of anilines is 1. The summed E-state index contributed by atoms with van der Waals surface area (Å²) in [7, 11) is 0.297. The van der Waals surface area contributed by atoms with Crippen LogP contribution in [0.25, 0.3) is 37.4 Å². The molecule has 3 aliphatic rings. The molecule has 0 N–H and O–H groups in total. The van der Waals surface area contributed by atoms with E-state index in [1.54, 1.807) is 11.3 Å². The Balaban J connectivity index is 1.16. The van der Waals surface area contributed by atoms with E-state index in [1.165, 1.54) is 207 Å². The quantitative estimate of drug-likeness (QED) is 0.0237. The molecule has 0 radical (unpaired) electrons. The highest BCUT2D eigenvalue weighted by atomic mass is 32.1. The second-order valence-corrected chi connectivity index (χ2v) is 37.5. The predicted molar refractivity (Wildman–Crippen MR) is 425 cm³/mol. The maximum atomic E-state index is 10.7. The first-order valence-electron chi connectivity index (χ1n) is 37.7. The van der Waals surface area contributed by atoms with Crippen molar-refractivity contribution in [2.24, 2.45) is 0 Å². The summed E-state index contributed by atoms with van der Waals surface area (Å²) in [6, 6.07) is 64.9. The fourth-order valence-electron chi connectivity index (χ4n) is 15.5. The number of nitrogens with zero attached hydrogens (tertiary/aromatic N) is 4. The van der Waals surface area contributed by atoms with Crippen molar-refractivity contribution in [1.29, 1.82) is 15.8 Å². The van der Waals surface area contributed by atoms with E-state index in [1.807, 2.05) is 43.4 Å². The minimum atomic E-state index is -1.89. The van der Waals surface area contributed by atoms with Crippen LogP contribution in [0, 0.1) is 34.0 Å². The first-order valence-corrected chi connectivity index (χ1v) is 42.2. The molecule has 100 heavy (non-hydrogen) atoms. The van der Waals surface area contributed by atoms with Crippen LogP contribution in [-0.2, 0) is 45.7 Å². The highest BCUT2D eigenvalue weighted by Crippen LogP contribution is 2.66. The van der Waals surface area contributed by atoms with Crippen LogP contribution in [-0.4, -0.2) is 34.1 Å². The van der Waals surface area contributed by atoms with Crippen LogP contribution in [0.1, 0.15) is 237 Å². The Kier molecular flexibility index (Phi) is 23.5. The summed E-state index contributed by atoms with van der Waals surface area (Å²) < 4.78 is 13.0. The zero-order chi connectivity index (χ0) is 70.8. The van der Waals surface area contributed by atoms with E-state index in [4.69, 9.17) is 9.16 Å². The van der Waals surface area contributed by atoms with E-state index in [9.17, 15) is 15.8 Å². The fourth-order valence-corrected chi connectivity index (χ4v) is 18.9. The lowest BCUT2D eigenvalue weighted by Crippen LogP contribution is -2.42. The Morgan fingerprint density at radius 1 is 0.520 bits per heavy atom. The van der Waals surface area contributed by atoms with E-state index >= 15 is 0 Å². The molecule has 0 unspecified atom stereocenters. The number of nitriles is 3. The third-order valence-electron chi connectivity index (χ3n) is 22.3. The van der Waals surface area contributed by atoms with Crippen LogP contribution in [0.2, 0.25) is 18.1 Å². The number of aryl methyl sites for hydroxylation is 4. The molecule has 3 heterocycles. The summed E-state index contributed by atoms with van der Waals surface area (Å²) in [4.78, 5) is 7.17. The normalized spacial score (nSPS) is 14.7. The smallest absolute Gasteiger partial charge is 0.192 e. The highest BCUT2D eigenvalue weighted by molar-refractivity contribution is 7.19. The molecule has 9 heteroatoms. The van der Waals surface area contributed by atoms with Crippen molar-refractivity contribution in [3.8, 4) is 49.5 Å². The lowest BCUT2D eigenvalue weighted by atomic mass is 9.65. The minimum absolute atomic E-state index is 0.0440. The zero-order valence-corrected chi connectivity index (χ0v) is 64.6. The third kappa shape index (κ3) is 14.8. The molecule has 6 aromatic carbocycles. The topological polar surface area (TPSA) is 93.1 Å². The molecule has 2 aromatic heterocycles. The summed E-state index contributed by atoms with van der Waals surface area (Å²) >= 11 is 3.75. The molecule has 518 valence electrons. The molecule has 6 nitrogen and oxygen atoms in total. The summed E-state index contributed by atoms with van der Waals surface area (Å²) in [6.45, 7) is 26.1. The van der Waals surface area contributed by atoms with Crippen LogP contribution >= 0.6 is 22.7 Å². The fraction of sp³-hybridized carbons (Fsp3) is 0.418. The summed E-state index contributed by atoms with van der Waals surface area (Å²) in [5.74, 6) is 0.0440. The number of allylic oxidation sites excluding steroid dienone is 2. The first kappa shape index (κ1) is 73.4. The standard InChI is InChI=1S/C91H106N4O2S2Si/c1-13-17-21-25-29-64-33-43-70(44-34-64)90(71-45-35-65(36-46-71)30-26-22-18-14-2)80-59-77-81(58-76(80)86-82(90)57-75(98-86)53-54-79-78(63-94)85(69(61-92)62-93)97-89(79,8)9)91(72-47-37-66(38-48-72)31-27-23-19-15-3,73-49-39-67(40-50-73)32-28-24-20-16-4)83-60-84(99-87(77)83)68-41-51-74(52-42-68)95(10)55-56-96-100(11,12)88(5,6)7/h33-54,57-60H,13-32,55-56H2,1-12H3/b54-53+. The SMILES string of the molecule is CCCCCCc1ccc(C2(c3ccc(CCCCCC)cc3)c3cc4c(cc3-c3sc(/C=C/C5=C(C#N)C(=C(C#N)C#N)OC5(C)C)cc32)C(c2ccc(CCCCCC)cc2)(c2ccc(CCCCCC)cc2)c2cc(-c3ccc(N(C)CCO[Si](C)(C)C(C)(C)C)cc3)sc2-4)cc1. The molecule has 2 aliphatic carbocycles. The molecule has 0 saturated carbocycles. The van der Waals surface area contributed by atoms with E-state index < -0.39 is 24.7 Å². The molecule has 0 bridgehead atoms. The maximum absolute atomic E-state index is 10.7. The van der Waals surface area contributed by atoms with E-state index in [0.717, 1.165) is 37.1 Å². The van der Waals surface area contributed by atoms with Gasteiger partial charge in [-0.2, -0.15) is 15.8 Å². The zero-order valence-electron chi connectivity index (χ0n) is 62.0. The number of benzene rings is 6. The van der Waals surface area contributed by atoms with Gasteiger partial charge in [-0.05, 0) is 209 Å². The van der Waals surface area contributed by atoms with Crippen molar-refractivity contribution in [3.63, 3.8) is 0 Å². The second-order valence-electron chi connectivity index (χ2n) is 30.6. The van der Waals surface area contributed by atoms with E-state index in [2.05, 4.69) is 231 Å². The van der Waals surface area contributed by atoms with Crippen molar-refractivity contribution in [2.45, 2.75) is 225 Å². The number of hydrogen-bond donors (Lipinski definition) is 0. The van der Waals surface area contributed by atoms with Crippen molar-refractivity contribution in [1.82, 2.24) is 0 Å². The lowest BCUT2D eigenvalue weighted by Gasteiger charge is -2.36. The second kappa shape index (κ2) is 32.0. The molecule has 0 saturated heterocycles. The van der Waals surface area contributed by atoms with Crippen molar-refractivity contribution >= 4 is 42.8 Å². The number of thiophene rings is 2. The Labute approximate surface area is 609 Å². The van der Waals surface area contributed by atoms with Gasteiger partial charge in [0.05, 0.1) is 17.4 Å². The van der Waals surface area contributed by atoms with Gasteiger partial charge in [0.25, 0.3) is 0 Å². The molecule has 11 rings (SSSR count). The van der Waals surface area contributed by atoms with Crippen LogP contribution in [0.5, 0.6) is 0 Å². The maximum Gasteiger partial charge on any atom is 0.192 e. The lowest BCUT2D eigenvalue weighted by molar-refractivity contribution is 0.0954. The van der Waals surface area contributed by atoms with Gasteiger partial charge < -0.3 is 14.1 Å². The van der Waals surface area contributed by atoms with Gasteiger partial charge in [-0.3, -0.25) is 0 Å². The number of likely N-dealkylation sites (N-methyl/N-ethyl adjacent to an activating group) is 1. The third-order valence-corrected chi connectivity index (χ3v) is 29.2. The van der Waals surface area contributed by atoms with Crippen molar-refractivity contribution in [2.75, 3.05) is 25.1 Å². The Morgan fingerprint density at radius 2 is 0.930 bits per heavy atom. The number of unbranched alkanes of at least 4 members (excludes halogenated alkanes) is 12. The van der Waals surface area contributed by atoms with Crippen LogP contribution in [0.3, 0.4) is 0 Å². The number of rotatable bonds is 32. The van der Waals surface area contributed by atoms with Crippen LogP contribution in [0.15, 0.2) is 174 Å². The summed E-state index contributed by atoms with van der Waals surface area (Å²) in [5.41, 5.74) is 18.9. The number of fused-ring (bicyclic) bond motifs is 6. The number of ether oxygens (including phenoxy) is 1. The highest BCUT2D eigenvalue weighted by Gasteiger charge is 2.53. The molecule has 1 aliphatic heterocycles. The number of hydrogen-bond acceptors (Lipinski definition) is 8. The van der Waals surface area contributed by atoms with Gasteiger partial charge in [-0.15, -0.1) is 22.7 Å². The molecule has 0 atom stereocenters. The molecule has 8 aromatic rings.